The molecule has 7 nitrogen and oxygen atoms in total. The highest BCUT2D eigenvalue weighted by Gasteiger charge is 2.39. The van der Waals surface area contributed by atoms with E-state index in [-0.39, 0.29) is 10.3 Å². The molecule has 3 atom stereocenters. The van der Waals surface area contributed by atoms with Gasteiger partial charge in [-0.2, -0.15) is 0 Å². The second-order valence-electron chi connectivity index (χ2n) is 7.29. The minimum absolute atomic E-state index is 0.0484. The highest BCUT2D eigenvalue weighted by Crippen LogP contribution is 2.48. The smallest absolute Gasteiger partial charge is 0.307 e. The van der Waals surface area contributed by atoms with Gasteiger partial charge in [-0.05, 0) is 55.2 Å². The number of nitrogens with zero attached hydrogens (tertiary/aromatic N) is 1. The van der Waals surface area contributed by atoms with E-state index >= 15 is 0 Å². The molecule has 4 rings (SSSR count). The fourth-order valence-electron chi connectivity index (χ4n) is 4.37. The van der Waals surface area contributed by atoms with E-state index in [9.17, 15) is 18.0 Å². The molecule has 0 saturated heterocycles. The molecular formula is C17H21N3O4S. The minimum atomic E-state index is -3.69. The van der Waals surface area contributed by atoms with Crippen LogP contribution in [0.1, 0.15) is 25.7 Å². The van der Waals surface area contributed by atoms with Gasteiger partial charge in [0.2, 0.25) is 10.0 Å². The first-order valence-corrected chi connectivity index (χ1v) is 10.1. The van der Waals surface area contributed by atoms with Crippen molar-refractivity contribution in [2.45, 2.75) is 30.6 Å². The van der Waals surface area contributed by atoms with Gasteiger partial charge in [0.1, 0.15) is 0 Å². The van der Waals surface area contributed by atoms with Gasteiger partial charge in [0.15, 0.2) is 0 Å². The molecule has 2 N–H and O–H groups in total. The third-order valence-electron chi connectivity index (χ3n) is 5.80. The van der Waals surface area contributed by atoms with Crippen LogP contribution in [-0.4, -0.2) is 24.5 Å². The Hall–Kier alpha value is -1.93. The summed E-state index contributed by atoms with van der Waals surface area (Å²) in [5.74, 6) is 1.82. The maximum Gasteiger partial charge on any atom is 0.328 e. The third kappa shape index (κ3) is 2.83. The van der Waals surface area contributed by atoms with Gasteiger partial charge in [-0.15, -0.1) is 0 Å². The molecule has 2 aliphatic rings. The Morgan fingerprint density at radius 1 is 1.24 bits per heavy atom. The van der Waals surface area contributed by atoms with Gasteiger partial charge < -0.3 is 4.98 Å². The molecule has 2 saturated carbocycles. The SMILES string of the molecule is Cn1c(=O)[nH]c2ccc(S(=O)(=O)NCC3CC4CCC3C4)cc2c1=O. The summed E-state index contributed by atoms with van der Waals surface area (Å²) < 4.78 is 28.9. The van der Waals surface area contributed by atoms with Crippen molar-refractivity contribution in [1.29, 1.82) is 0 Å². The molecule has 1 aromatic carbocycles. The number of sulfonamides is 1. The number of aromatic amines is 1. The second-order valence-corrected chi connectivity index (χ2v) is 9.06. The summed E-state index contributed by atoms with van der Waals surface area (Å²) in [6, 6.07) is 4.21. The number of rotatable bonds is 4. The third-order valence-corrected chi connectivity index (χ3v) is 7.22. The van der Waals surface area contributed by atoms with Gasteiger partial charge in [-0.25, -0.2) is 17.9 Å². The number of fused-ring (bicyclic) bond motifs is 3. The van der Waals surface area contributed by atoms with E-state index in [2.05, 4.69) is 9.71 Å². The van der Waals surface area contributed by atoms with Crippen LogP contribution in [0, 0.1) is 17.8 Å². The molecule has 0 amide bonds. The molecular weight excluding hydrogens is 342 g/mol. The Morgan fingerprint density at radius 2 is 2.04 bits per heavy atom. The zero-order chi connectivity index (χ0) is 17.8. The van der Waals surface area contributed by atoms with Crippen molar-refractivity contribution in [3.63, 3.8) is 0 Å². The fourth-order valence-corrected chi connectivity index (χ4v) is 5.50. The number of hydrogen-bond donors (Lipinski definition) is 2. The molecule has 0 radical (unpaired) electrons. The lowest BCUT2D eigenvalue weighted by atomic mass is 9.89. The molecule has 8 heteroatoms. The fraction of sp³-hybridized carbons (Fsp3) is 0.529. The van der Waals surface area contributed by atoms with E-state index < -0.39 is 21.3 Å². The molecule has 1 aromatic heterocycles. The molecule has 2 aromatic rings. The predicted octanol–water partition coefficient (Wildman–Crippen LogP) is 0.941. The number of H-pyrrole nitrogens is 1. The van der Waals surface area contributed by atoms with Gasteiger partial charge >= 0.3 is 5.69 Å². The average molecular weight is 363 g/mol. The van der Waals surface area contributed by atoms with Crippen LogP contribution >= 0.6 is 0 Å². The Kier molecular flexibility index (Phi) is 3.84. The molecule has 0 spiro atoms. The maximum atomic E-state index is 12.6. The largest absolute Gasteiger partial charge is 0.328 e. The van der Waals surface area contributed by atoms with Crippen LogP contribution in [0.4, 0.5) is 0 Å². The summed E-state index contributed by atoms with van der Waals surface area (Å²) in [4.78, 5) is 26.4. The molecule has 25 heavy (non-hydrogen) atoms. The highest BCUT2D eigenvalue weighted by atomic mass is 32.2. The van der Waals surface area contributed by atoms with Crippen LogP contribution in [0.2, 0.25) is 0 Å². The van der Waals surface area contributed by atoms with Crippen molar-refractivity contribution in [3.8, 4) is 0 Å². The van der Waals surface area contributed by atoms with Crippen LogP contribution in [0.3, 0.4) is 0 Å². The van der Waals surface area contributed by atoms with Crippen LogP contribution < -0.4 is 16.0 Å². The van der Waals surface area contributed by atoms with Crippen molar-refractivity contribution in [3.05, 3.63) is 39.0 Å². The van der Waals surface area contributed by atoms with Crippen molar-refractivity contribution in [2.75, 3.05) is 6.54 Å². The van der Waals surface area contributed by atoms with E-state index in [1.165, 1.54) is 44.5 Å². The molecule has 2 bridgehead atoms. The Bertz CT molecular complexity index is 1050. The van der Waals surface area contributed by atoms with Gasteiger partial charge in [-0.3, -0.25) is 9.36 Å². The van der Waals surface area contributed by atoms with Gasteiger partial charge in [0, 0.05) is 13.6 Å². The molecule has 3 unspecified atom stereocenters. The van der Waals surface area contributed by atoms with Crippen molar-refractivity contribution in [2.24, 2.45) is 24.8 Å². The van der Waals surface area contributed by atoms with E-state index in [1.807, 2.05) is 0 Å². The molecule has 1 heterocycles. The Balaban J connectivity index is 1.61. The first-order chi connectivity index (χ1) is 11.8. The number of aromatic nitrogens is 2. The van der Waals surface area contributed by atoms with Crippen LogP contribution in [0.25, 0.3) is 10.9 Å². The van der Waals surface area contributed by atoms with Gasteiger partial charge in [0.25, 0.3) is 5.56 Å². The lowest BCUT2D eigenvalue weighted by Gasteiger charge is -2.21. The van der Waals surface area contributed by atoms with E-state index in [0.717, 1.165) is 16.9 Å². The highest BCUT2D eigenvalue weighted by molar-refractivity contribution is 7.89. The topological polar surface area (TPSA) is 101 Å². The summed E-state index contributed by atoms with van der Waals surface area (Å²) in [7, 11) is -2.33. The van der Waals surface area contributed by atoms with Crippen LogP contribution in [-0.2, 0) is 17.1 Å². The predicted molar refractivity (Wildman–Crippen MR) is 93.9 cm³/mol. The maximum absolute atomic E-state index is 12.6. The van der Waals surface area contributed by atoms with Crippen LogP contribution in [0.5, 0.6) is 0 Å². The zero-order valence-electron chi connectivity index (χ0n) is 14.0. The van der Waals surface area contributed by atoms with Gasteiger partial charge in [0.05, 0.1) is 15.8 Å². The summed E-state index contributed by atoms with van der Waals surface area (Å²) in [6.45, 7) is 0.450. The van der Waals surface area contributed by atoms with Crippen molar-refractivity contribution >= 4 is 20.9 Å². The molecule has 2 aliphatic carbocycles. The molecule has 2 fully saturated rings. The molecule has 0 aliphatic heterocycles. The summed E-state index contributed by atoms with van der Waals surface area (Å²) >= 11 is 0. The standard InChI is InChI=1S/C17H21N3O4S/c1-20-16(21)14-8-13(4-5-15(14)19-17(20)22)25(23,24)18-9-12-7-10-2-3-11(12)6-10/h4-5,8,10-12,18H,2-3,6-7,9H2,1H3,(H,19,22). The van der Waals surface area contributed by atoms with E-state index in [0.29, 0.717) is 23.9 Å². The first kappa shape index (κ1) is 16.5. The molecule has 134 valence electrons. The average Bonchev–Trinajstić information content (AvgIpc) is 3.21. The normalized spacial score (nSPS) is 25.7. The lowest BCUT2D eigenvalue weighted by Crippen LogP contribution is -2.33. The van der Waals surface area contributed by atoms with Gasteiger partial charge in [-0.1, -0.05) is 6.42 Å². The van der Waals surface area contributed by atoms with E-state index in [4.69, 9.17) is 0 Å². The zero-order valence-corrected chi connectivity index (χ0v) is 14.8. The number of benzene rings is 1. The second kappa shape index (κ2) is 5.81. The monoisotopic (exact) mass is 363 g/mol. The summed E-state index contributed by atoms with van der Waals surface area (Å²) in [5.41, 5.74) is -0.702. The number of nitrogens with one attached hydrogen (secondary N) is 2. The van der Waals surface area contributed by atoms with E-state index in [1.54, 1.807) is 0 Å². The quantitative estimate of drug-likeness (QED) is 0.844. The lowest BCUT2D eigenvalue weighted by molar-refractivity contribution is 0.333. The minimum Gasteiger partial charge on any atom is -0.307 e. The van der Waals surface area contributed by atoms with Crippen molar-refractivity contribution < 1.29 is 8.42 Å². The Labute approximate surface area is 145 Å². The van der Waals surface area contributed by atoms with Crippen LogP contribution in [0.15, 0.2) is 32.7 Å². The first-order valence-electron chi connectivity index (χ1n) is 8.58. The summed E-state index contributed by atoms with van der Waals surface area (Å²) in [6.07, 6.45) is 4.81. The van der Waals surface area contributed by atoms with Crippen molar-refractivity contribution in [1.82, 2.24) is 14.3 Å². The number of hydrogen-bond acceptors (Lipinski definition) is 4. The Morgan fingerprint density at radius 3 is 2.72 bits per heavy atom. The summed E-state index contributed by atoms with van der Waals surface area (Å²) in [5, 5.41) is 0.185.